The number of carbonyl (C=O) groups excluding carboxylic acids is 1. The second kappa shape index (κ2) is 8.96. The first kappa shape index (κ1) is 21.1. The first-order chi connectivity index (χ1) is 11.5. The molecule has 0 aliphatic heterocycles. The predicted molar refractivity (Wildman–Crippen MR) is 77.0 cm³/mol. The van der Waals surface area contributed by atoms with E-state index in [1.807, 2.05) is 0 Å². The van der Waals surface area contributed by atoms with Gasteiger partial charge in [-0.1, -0.05) is 12.1 Å². The topological polar surface area (TPSA) is 35.5 Å². The van der Waals surface area contributed by atoms with Crippen molar-refractivity contribution in [2.24, 2.45) is 0 Å². The number of hydrogen-bond donors (Lipinski definition) is 0. The van der Waals surface area contributed by atoms with Crippen molar-refractivity contribution in [1.82, 2.24) is 0 Å². The van der Waals surface area contributed by atoms with Gasteiger partial charge in [0.15, 0.2) is 0 Å². The van der Waals surface area contributed by atoms with Gasteiger partial charge in [0.05, 0.1) is 20.0 Å². The van der Waals surface area contributed by atoms with Crippen molar-refractivity contribution in [1.29, 1.82) is 0 Å². The van der Waals surface area contributed by atoms with Crippen molar-refractivity contribution in [3.8, 4) is 5.75 Å². The summed E-state index contributed by atoms with van der Waals surface area (Å²) >= 11 is 0. The molecular formula is C16H18F6O3. The lowest BCUT2D eigenvalue weighted by Crippen LogP contribution is -2.16. The molecule has 0 radical (unpaired) electrons. The van der Waals surface area contributed by atoms with E-state index >= 15 is 0 Å². The monoisotopic (exact) mass is 372 g/mol. The zero-order valence-corrected chi connectivity index (χ0v) is 13.4. The van der Waals surface area contributed by atoms with Crippen LogP contribution < -0.4 is 4.74 Å². The molecule has 1 atom stereocenters. The SMILES string of the molecule is COc1ccc(C(CCCC(F)(F)F)OC(=O)CCC(F)(F)F)cc1. The maximum Gasteiger partial charge on any atom is 0.389 e. The Hall–Kier alpha value is -1.93. The third-order valence-electron chi connectivity index (χ3n) is 3.30. The summed E-state index contributed by atoms with van der Waals surface area (Å²) in [5, 5.41) is 0. The van der Waals surface area contributed by atoms with E-state index in [1.54, 1.807) is 0 Å². The van der Waals surface area contributed by atoms with E-state index in [0.717, 1.165) is 0 Å². The molecule has 1 aromatic rings. The predicted octanol–water partition coefficient (Wildman–Crippen LogP) is 5.35. The Labute approximate surface area is 140 Å². The number of benzene rings is 1. The summed E-state index contributed by atoms with van der Waals surface area (Å²) in [5.74, 6) is -0.619. The van der Waals surface area contributed by atoms with Gasteiger partial charge in [-0.3, -0.25) is 4.79 Å². The van der Waals surface area contributed by atoms with Gasteiger partial charge >= 0.3 is 18.3 Å². The average molecular weight is 372 g/mol. The van der Waals surface area contributed by atoms with Crippen LogP contribution in [0.15, 0.2) is 24.3 Å². The molecule has 1 unspecified atom stereocenters. The smallest absolute Gasteiger partial charge is 0.389 e. The minimum absolute atomic E-state index is 0.149. The Morgan fingerprint density at radius 1 is 1.00 bits per heavy atom. The highest BCUT2D eigenvalue weighted by Gasteiger charge is 2.30. The molecule has 0 spiro atoms. The minimum atomic E-state index is -4.51. The molecule has 0 aliphatic carbocycles. The van der Waals surface area contributed by atoms with Crippen LogP contribution in [0.3, 0.4) is 0 Å². The molecule has 0 aromatic heterocycles. The molecule has 0 amide bonds. The van der Waals surface area contributed by atoms with E-state index in [2.05, 4.69) is 0 Å². The summed E-state index contributed by atoms with van der Waals surface area (Å²) < 4.78 is 83.2. The molecule has 142 valence electrons. The zero-order chi connectivity index (χ0) is 19.1. The average Bonchev–Trinajstić information content (AvgIpc) is 2.50. The van der Waals surface area contributed by atoms with Crippen LogP contribution in [0.25, 0.3) is 0 Å². The van der Waals surface area contributed by atoms with Crippen molar-refractivity contribution in [2.75, 3.05) is 7.11 Å². The third-order valence-corrected chi connectivity index (χ3v) is 3.30. The number of alkyl halides is 6. The second-order valence-electron chi connectivity index (χ2n) is 5.37. The minimum Gasteiger partial charge on any atom is -0.497 e. The molecule has 0 heterocycles. The maximum absolute atomic E-state index is 12.3. The first-order valence-electron chi connectivity index (χ1n) is 7.47. The van der Waals surface area contributed by atoms with Crippen molar-refractivity contribution in [3.63, 3.8) is 0 Å². The molecule has 0 saturated heterocycles. The number of carbonyl (C=O) groups is 1. The number of ether oxygens (including phenoxy) is 2. The lowest BCUT2D eigenvalue weighted by molar-refractivity contribution is -0.162. The van der Waals surface area contributed by atoms with Crippen molar-refractivity contribution >= 4 is 5.97 Å². The van der Waals surface area contributed by atoms with Gasteiger partial charge in [-0.2, -0.15) is 26.3 Å². The van der Waals surface area contributed by atoms with Crippen LogP contribution in [0.5, 0.6) is 5.75 Å². The number of esters is 1. The highest BCUT2D eigenvalue weighted by molar-refractivity contribution is 5.69. The molecule has 0 bridgehead atoms. The van der Waals surface area contributed by atoms with E-state index in [0.29, 0.717) is 11.3 Å². The quantitative estimate of drug-likeness (QED) is 0.456. The van der Waals surface area contributed by atoms with Crippen LogP contribution in [0.2, 0.25) is 0 Å². The summed E-state index contributed by atoms with van der Waals surface area (Å²) in [4.78, 5) is 11.6. The number of halogens is 6. The maximum atomic E-state index is 12.3. The highest BCUT2D eigenvalue weighted by atomic mass is 19.4. The van der Waals surface area contributed by atoms with Crippen LogP contribution in [0.1, 0.15) is 43.8 Å². The Morgan fingerprint density at radius 3 is 2.04 bits per heavy atom. The largest absolute Gasteiger partial charge is 0.497 e. The molecule has 0 N–H and O–H groups in total. The summed E-state index contributed by atoms with van der Waals surface area (Å²) in [6.07, 6.45) is -13.7. The summed E-state index contributed by atoms with van der Waals surface area (Å²) in [6, 6.07) is 6.04. The molecule has 0 aliphatic rings. The fourth-order valence-corrected chi connectivity index (χ4v) is 2.06. The summed E-state index contributed by atoms with van der Waals surface area (Å²) in [5.41, 5.74) is 0.392. The van der Waals surface area contributed by atoms with Gasteiger partial charge in [0.2, 0.25) is 0 Å². The van der Waals surface area contributed by atoms with Gasteiger partial charge in [-0.25, -0.2) is 0 Å². The summed E-state index contributed by atoms with van der Waals surface area (Å²) in [7, 11) is 1.42. The molecule has 0 fully saturated rings. The Morgan fingerprint density at radius 2 is 1.56 bits per heavy atom. The molecule has 1 rings (SSSR count). The molecule has 9 heteroatoms. The normalized spacial score (nSPS) is 13.4. The lowest BCUT2D eigenvalue weighted by atomic mass is 10.0. The number of hydrogen-bond acceptors (Lipinski definition) is 3. The first-order valence-corrected chi connectivity index (χ1v) is 7.47. The molecule has 1 aromatic carbocycles. The van der Waals surface area contributed by atoms with Crippen LogP contribution in [0.4, 0.5) is 26.3 Å². The fourth-order valence-electron chi connectivity index (χ4n) is 2.06. The van der Waals surface area contributed by atoms with Gasteiger partial charge in [0, 0.05) is 6.42 Å². The zero-order valence-electron chi connectivity index (χ0n) is 13.4. The van der Waals surface area contributed by atoms with Crippen LogP contribution in [0, 0.1) is 0 Å². The Bertz CT molecular complexity index is 536. The molecule has 0 saturated carbocycles. The van der Waals surface area contributed by atoms with E-state index in [1.165, 1.54) is 31.4 Å². The van der Waals surface area contributed by atoms with Crippen LogP contribution in [-0.2, 0) is 9.53 Å². The highest BCUT2D eigenvalue weighted by Crippen LogP contribution is 2.30. The number of methoxy groups -OCH3 is 1. The van der Waals surface area contributed by atoms with Gasteiger partial charge in [-0.05, 0) is 30.5 Å². The van der Waals surface area contributed by atoms with Gasteiger partial charge in [-0.15, -0.1) is 0 Å². The Balaban J connectivity index is 2.74. The van der Waals surface area contributed by atoms with E-state index in [9.17, 15) is 31.1 Å². The lowest BCUT2D eigenvalue weighted by Gasteiger charge is -2.19. The van der Waals surface area contributed by atoms with E-state index < -0.39 is 43.7 Å². The van der Waals surface area contributed by atoms with Gasteiger partial charge in [0.25, 0.3) is 0 Å². The molecule has 3 nitrogen and oxygen atoms in total. The fraction of sp³-hybridized carbons (Fsp3) is 0.562. The van der Waals surface area contributed by atoms with Crippen molar-refractivity contribution < 1.29 is 40.6 Å². The standard InChI is InChI=1S/C16H18F6O3/c1-24-12-6-4-11(5-7-12)13(3-2-9-15(17,18)19)25-14(23)8-10-16(20,21)22/h4-7,13H,2-3,8-10H2,1H3. The van der Waals surface area contributed by atoms with E-state index in [-0.39, 0.29) is 12.8 Å². The Kier molecular flexibility index (Phi) is 7.57. The molecule has 25 heavy (non-hydrogen) atoms. The second-order valence-corrected chi connectivity index (χ2v) is 5.37. The van der Waals surface area contributed by atoms with Crippen molar-refractivity contribution in [2.45, 2.75) is 50.6 Å². The van der Waals surface area contributed by atoms with E-state index in [4.69, 9.17) is 9.47 Å². The molecular weight excluding hydrogens is 354 g/mol. The number of rotatable bonds is 8. The van der Waals surface area contributed by atoms with Crippen LogP contribution >= 0.6 is 0 Å². The summed E-state index contributed by atoms with van der Waals surface area (Å²) in [6.45, 7) is 0. The third kappa shape index (κ3) is 9.21. The van der Waals surface area contributed by atoms with Crippen molar-refractivity contribution in [3.05, 3.63) is 29.8 Å². The van der Waals surface area contributed by atoms with Gasteiger partial charge in [0.1, 0.15) is 11.9 Å². The van der Waals surface area contributed by atoms with Crippen LogP contribution in [-0.4, -0.2) is 25.4 Å². The van der Waals surface area contributed by atoms with Gasteiger partial charge < -0.3 is 9.47 Å².